The van der Waals surface area contributed by atoms with Gasteiger partial charge in [-0.05, 0) is 114 Å². The third-order valence-electron chi connectivity index (χ3n) is 14.3. The fraction of sp³-hybridized carbons (Fsp3) is 0.589. The lowest BCUT2D eigenvalue weighted by Gasteiger charge is -2.38. The van der Waals surface area contributed by atoms with E-state index in [-0.39, 0.29) is 68.3 Å². The van der Waals surface area contributed by atoms with Gasteiger partial charge in [0.25, 0.3) is 0 Å². The molecule has 20 nitrogen and oxygen atoms in total. The topological polar surface area (TPSA) is 272 Å². The highest BCUT2D eigenvalue weighted by Gasteiger charge is 2.47. The average molecular weight is 1120 g/mol. The molecule has 4 heterocycles. The molecular formula is C56H78ClN9O11S. The van der Waals surface area contributed by atoms with Gasteiger partial charge < -0.3 is 56.3 Å². The molecule has 0 saturated carbocycles. The Morgan fingerprint density at radius 2 is 1.62 bits per heavy atom. The number of nitrogens with one attached hydrogen (secondary N) is 4. The summed E-state index contributed by atoms with van der Waals surface area (Å²) in [5.41, 5.74) is 10.0. The van der Waals surface area contributed by atoms with Gasteiger partial charge >= 0.3 is 6.09 Å². The second-order valence-corrected chi connectivity index (χ2v) is 24.2. The predicted octanol–water partition coefficient (Wildman–Crippen LogP) is 5.41. The lowest BCUT2D eigenvalue weighted by atomic mass is 9.85. The van der Waals surface area contributed by atoms with Crippen LogP contribution < -0.4 is 31.7 Å². The van der Waals surface area contributed by atoms with Gasteiger partial charge in [-0.15, -0.1) is 11.3 Å². The molecule has 3 aliphatic heterocycles. The van der Waals surface area contributed by atoms with E-state index >= 15 is 0 Å². The Bertz CT molecular complexity index is 2690. The number of nitrogens with zero attached hydrogens (tertiary/aromatic N) is 4. The number of ether oxygens (including phenoxy) is 2. The van der Waals surface area contributed by atoms with E-state index in [2.05, 4.69) is 26.3 Å². The minimum Gasteiger partial charge on any atom is -0.490 e. The van der Waals surface area contributed by atoms with Gasteiger partial charge in [-0.2, -0.15) is 0 Å². The molecule has 0 bridgehead atoms. The Morgan fingerprint density at radius 3 is 2.24 bits per heavy atom. The largest absolute Gasteiger partial charge is 0.490 e. The summed E-state index contributed by atoms with van der Waals surface area (Å²) >= 11 is 8.51. The molecule has 0 aliphatic carbocycles. The maximum absolute atomic E-state index is 14.3. The summed E-state index contributed by atoms with van der Waals surface area (Å²) in [5.74, 6) is -2.82. The van der Waals surface area contributed by atoms with Crippen LogP contribution in [0.3, 0.4) is 0 Å². The number of amides is 8. The highest BCUT2D eigenvalue weighted by atomic mass is 35.5. The van der Waals surface area contributed by atoms with Gasteiger partial charge in [0.1, 0.15) is 42.1 Å². The molecule has 426 valence electrons. The number of carbonyl (C=O) groups excluding carboxylic acids is 8. The first-order chi connectivity index (χ1) is 36.6. The van der Waals surface area contributed by atoms with Crippen molar-refractivity contribution in [2.24, 2.45) is 11.1 Å². The van der Waals surface area contributed by atoms with Gasteiger partial charge in [0.2, 0.25) is 41.4 Å². The maximum Gasteiger partial charge on any atom is 0.408 e. The van der Waals surface area contributed by atoms with Crippen molar-refractivity contribution in [2.45, 2.75) is 181 Å². The molecule has 8 amide bonds. The predicted molar refractivity (Wildman–Crippen MR) is 295 cm³/mol. The number of β-amino-alcohol motifs (C(OH)–C–C–N with tert-alkyl or cyclic N) is 1. The summed E-state index contributed by atoms with van der Waals surface area (Å²) in [6.07, 6.45) is 0.261. The zero-order chi connectivity index (χ0) is 57.4. The molecule has 0 radical (unpaired) electrons. The molecule has 8 atom stereocenters. The number of rotatable bonds is 19. The van der Waals surface area contributed by atoms with E-state index < -0.39 is 89.0 Å². The number of nitrogens with two attached hydrogens (primary N) is 1. The molecule has 6 rings (SSSR count). The number of likely N-dealkylation sites (tertiary alicyclic amines) is 1. The minimum atomic E-state index is -1.18. The number of aliphatic hydroxyl groups excluding tert-OH is 1. The molecule has 3 saturated heterocycles. The van der Waals surface area contributed by atoms with Crippen LogP contribution in [-0.2, 0) is 44.7 Å². The van der Waals surface area contributed by atoms with E-state index in [1.54, 1.807) is 43.7 Å². The number of benzene rings is 2. The second-order valence-electron chi connectivity index (χ2n) is 22.9. The number of alkyl carbamates (subject to hydrolysis) is 1. The lowest BCUT2D eigenvalue weighted by Crippen LogP contribution is -2.61. The average Bonchev–Trinajstić information content (AvgIpc) is 4.11. The molecule has 22 heteroatoms. The van der Waals surface area contributed by atoms with Crippen LogP contribution >= 0.6 is 22.9 Å². The van der Waals surface area contributed by atoms with Crippen LogP contribution in [0.1, 0.15) is 135 Å². The van der Waals surface area contributed by atoms with Crippen molar-refractivity contribution in [3.05, 3.63) is 69.3 Å². The molecular weight excluding hydrogens is 1040 g/mol. The molecule has 3 fully saturated rings. The SMILES string of the molecule is CC(=O)N1CC[C@H]2CC[C@@H](C(=O)N[C@@H](CCC(N)=O)COc3cc(C)cc(CCCC(=O)NC(C(=O)N4C[C@H](O)C[C@H]4C(=O)N[C@@H](C)c4ccc(-c5scnc5C)cc4)C(C)(C)C)c3Cl)N2C(=O)[C@@H](NC(=O)OC(C)(C)C)C1. The first kappa shape index (κ1) is 60.9. The Hall–Kier alpha value is -6.32. The highest BCUT2D eigenvalue weighted by molar-refractivity contribution is 7.13. The number of hydrogen-bond donors (Lipinski definition) is 6. The summed E-state index contributed by atoms with van der Waals surface area (Å²) in [6.45, 7) is 17.6. The number of fused-ring (bicyclic) bond motifs is 1. The van der Waals surface area contributed by atoms with Crippen LogP contribution in [-0.4, -0.2) is 146 Å². The maximum atomic E-state index is 14.3. The smallest absolute Gasteiger partial charge is 0.408 e. The normalized spacial score (nSPS) is 20.8. The molecule has 2 aromatic carbocycles. The zero-order valence-corrected chi connectivity index (χ0v) is 48.1. The number of primary amides is 1. The zero-order valence-electron chi connectivity index (χ0n) is 46.5. The Morgan fingerprint density at radius 1 is 0.923 bits per heavy atom. The van der Waals surface area contributed by atoms with Crippen molar-refractivity contribution >= 4 is 70.4 Å². The molecule has 78 heavy (non-hydrogen) atoms. The van der Waals surface area contributed by atoms with Crippen molar-refractivity contribution in [3.8, 4) is 16.2 Å². The monoisotopic (exact) mass is 1120 g/mol. The molecule has 3 aromatic rings. The Labute approximate surface area is 466 Å². The van der Waals surface area contributed by atoms with Crippen molar-refractivity contribution in [2.75, 3.05) is 26.2 Å². The summed E-state index contributed by atoms with van der Waals surface area (Å²) in [7, 11) is 0. The number of aryl methyl sites for hydroxylation is 3. The summed E-state index contributed by atoms with van der Waals surface area (Å²) in [6, 6.07) is 5.87. The fourth-order valence-corrected chi connectivity index (χ4v) is 11.3. The van der Waals surface area contributed by atoms with Gasteiger partial charge in [-0.3, -0.25) is 33.6 Å². The van der Waals surface area contributed by atoms with Gasteiger partial charge in [0.05, 0.1) is 45.8 Å². The Balaban J connectivity index is 1.06. The molecule has 0 spiro atoms. The highest BCUT2D eigenvalue weighted by Crippen LogP contribution is 2.34. The van der Waals surface area contributed by atoms with Gasteiger partial charge in [0, 0.05) is 45.3 Å². The van der Waals surface area contributed by atoms with Crippen molar-refractivity contribution in [1.82, 2.24) is 41.0 Å². The lowest BCUT2D eigenvalue weighted by molar-refractivity contribution is -0.145. The standard InChI is InChI=1S/C56H78ClN9O11S/c1-31-24-37(12-11-13-46(70)63-49(55(5,6)7)53(74)65-27-40(68)26-43(65)51(72)60-32(2)35-14-16-36(17-15-35)48-33(3)59-30-78-48)47(57)44(25-31)76-29-38(18-21-45(58)69)61-50(71)42-20-19-39-22-23-64(34(4)67)28-41(52(73)66(39)42)62-54(75)77-56(8,9)10/h14-17,24-25,30,32,38-43,49,68H,11-13,18-23,26-29H2,1-10H3,(H2,58,69)(H,60,72)(H,61,71)(H,62,75)(H,63,70)/t32-,38-,39+,40+,41-,42-,43-,49?/m0/s1. The number of aromatic nitrogens is 1. The second kappa shape index (κ2) is 26.1. The van der Waals surface area contributed by atoms with E-state index in [0.29, 0.717) is 50.0 Å². The fourth-order valence-electron chi connectivity index (χ4n) is 10.3. The number of carbonyl (C=O) groups is 8. The van der Waals surface area contributed by atoms with Gasteiger partial charge in [0.15, 0.2) is 0 Å². The van der Waals surface area contributed by atoms with Crippen LogP contribution in [0.5, 0.6) is 5.75 Å². The van der Waals surface area contributed by atoms with Crippen LogP contribution in [0.25, 0.3) is 10.4 Å². The number of hydrogen-bond acceptors (Lipinski definition) is 13. The quantitative estimate of drug-likeness (QED) is 0.0880. The van der Waals surface area contributed by atoms with E-state index in [1.165, 1.54) is 21.6 Å². The van der Waals surface area contributed by atoms with E-state index in [1.807, 2.05) is 71.9 Å². The molecule has 3 aliphatic rings. The van der Waals surface area contributed by atoms with Crippen LogP contribution in [0.4, 0.5) is 4.79 Å². The molecule has 1 aromatic heterocycles. The van der Waals surface area contributed by atoms with Crippen LogP contribution in [0, 0.1) is 19.3 Å². The van der Waals surface area contributed by atoms with E-state index in [0.717, 1.165) is 27.3 Å². The molecule has 1 unspecified atom stereocenters. The third kappa shape index (κ3) is 16.1. The van der Waals surface area contributed by atoms with Crippen LogP contribution in [0.2, 0.25) is 5.02 Å². The first-order valence-corrected chi connectivity index (χ1v) is 28.0. The van der Waals surface area contributed by atoms with E-state index in [9.17, 15) is 43.5 Å². The molecule has 7 N–H and O–H groups in total. The van der Waals surface area contributed by atoms with E-state index in [4.69, 9.17) is 26.8 Å². The Kier molecular flexibility index (Phi) is 20.4. The van der Waals surface area contributed by atoms with Crippen molar-refractivity contribution in [3.63, 3.8) is 0 Å². The van der Waals surface area contributed by atoms with Crippen LogP contribution in [0.15, 0.2) is 41.9 Å². The van der Waals surface area contributed by atoms with Gasteiger partial charge in [-0.1, -0.05) is 62.7 Å². The first-order valence-electron chi connectivity index (χ1n) is 26.8. The van der Waals surface area contributed by atoms with Crippen molar-refractivity contribution < 1.29 is 52.9 Å². The van der Waals surface area contributed by atoms with Gasteiger partial charge in [-0.25, -0.2) is 9.78 Å². The third-order valence-corrected chi connectivity index (χ3v) is 15.7. The van der Waals surface area contributed by atoms with Crippen molar-refractivity contribution in [1.29, 1.82) is 0 Å². The summed E-state index contributed by atoms with van der Waals surface area (Å²) in [4.78, 5) is 117. The minimum absolute atomic E-state index is 0.0291. The summed E-state index contributed by atoms with van der Waals surface area (Å²) in [5, 5.41) is 22.6. The number of thiazole rings is 1. The number of aliphatic hydroxyl groups is 1. The number of halogens is 1. The summed E-state index contributed by atoms with van der Waals surface area (Å²) < 4.78 is 11.7.